The van der Waals surface area contributed by atoms with Crippen LogP contribution in [-0.2, 0) is 7.05 Å². The van der Waals surface area contributed by atoms with Gasteiger partial charge in [-0.2, -0.15) is 5.10 Å². The lowest BCUT2D eigenvalue weighted by Gasteiger charge is -2.00. The molecule has 3 aromatic rings. The molecule has 0 aliphatic rings. The quantitative estimate of drug-likeness (QED) is 0.673. The van der Waals surface area contributed by atoms with Gasteiger partial charge in [-0.15, -0.1) is 0 Å². The number of halogens is 1. The molecule has 0 aliphatic heterocycles. The first kappa shape index (κ1) is 9.89. The van der Waals surface area contributed by atoms with Crippen LogP contribution in [0.2, 0.25) is 0 Å². The number of fused-ring (bicyclic) bond motifs is 1. The van der Waals surface area contributed by atoms with Gasteiger partial charge in [-0.25, -0.2) is 4.39 Å². The zero-order valence-electron chi connectivity index (χ0n) is 9.24. The van der Waals surface area contributed by atoms with Crippen molar-refractivity contribution in [1.82, 2.24) is 14.8 Å². The molecular weight excluding hydrogens is 219 g/mol. The molecule has 86 valence electrons. The van der Waals surface area contributed by atoms with Gasteiger partial charge in [0.25, 0.3) is 0 Å². The van der Waals surface area contributed by atoms with Gasteiger partial charge in [0.05, 0.1) is 11.4 Å². The van der Waals surface area contributed by atoms with E-state index in [1.807, 2.05) is 17.7 Å². The third-order valence-corrected chi connectivity index (χ3v) is 2.88. The van der Waals surface area contributed by atoms with Crippen molar-refractivity contribution in [3.05, 3.63) is 36.1 Å². The number of hydrogen-bond acceptors (Lipinski definition) is 2. The van der Waals surface area contributed by atoms with E-state index >= 15 is 0 Å². The number of aryl methyl sites for hydroxylation is 1. The molecule has 0 radical (unpaired) electrons. The van der Waals surface area contributed by atoms with E-state index in [9.17, 15) is 4.39 Å². The van der Waals surface area contributed by atoms with Gasteiger partial charge in [-0.1, -0.05) is 0 Å². The molecule has 0 fully saturated rings. The van der Waals surface area contributed by atoms with Crippen molar-refractivity contribution in [3.8, 4) is 11.4 Å². The lowest BCUT2D eigenvalue weighted by molar-refractivity contribution is 0.629. The highest BCUT2D eigenvalue weighted by atomic mass is 19.1. The lowest BCUT2D eigenvalue weighted by Crippen LogP contribution is -1.91. The number of nitrogen functional groups attached to an aromatic ring is 1. The molecule has 0 aliphatic carbocycles. The van der Waals surface area contributed by atoms with Gasteiger partial charge in [0, 0.05) is 24.0 Å². The maximum Gasteiger partial charge on any atom is 0.145 e. The van der Waals surface area contributed by atoms with Gasteiger partial charge in [-0.05, 0) is 24.3 Å². The summed E-state index contributed by atoms with van der Waals surface area (Å²) in [6, 6.07) is 8.38. The molecule has 1 aromatic carbocycles. The molecule has 17 heavy (non-hydrogen) atoms. The van der Waals surface area contributed by atoms with Crippen LogP contribution in [0.5, 0.6) is 0 Å². The molecule has 3 rings (SSSR count). The summed E-state index contributed by atoms with van der Waals surface area (Å²) in [5, 5.41) is 7.59. The van der Waals surface area contributed by atoms with Crippen molar-refractivity contribution in [2.24, 2.45) is 7.05 Å². The first-order valence-electron chi connectivity index (χ1n) is 5.21. The minimum Gasteiger partial charge on any atom is -0.382 e. The van der Waals surface area contributed by atoms with Gasteiger partial charge in [0.2, 0.25) is 0 Å². The zero-order chi connectivity index (χ0) is 12.0. The average Bonchev–Trinajstić information content (AvgIpc) is 2.83. The van der Waals surface area contributed by atoms with Crippen LogP contribution in [-0.4, -0.2) is 14.8 Å². The molecule has 0 bridgehead atoms. The Hall–Kier alpha value is -2.30. The Morgan fingerprint density at radius 1 is 1.29 bits per heavy atom. The number of anilines is 1. The Morgan fingerprint density at radius 2 is 2.12 bits per heavy atom. The summed E-state index contributed by atoms with van der Waals surface area (Å²) in [7, 11) is 1.92. The molecule has 0 unspecified atom stereocenters. The SMILES string of the molecule is Cn1c(-c2cc(N)n[nH]2)cc2cc(F)ccc21. The number of aromatic amines is 1. The predicted octanol–water partition coefficient (Wildman–Crippen LogP) is 2.29. The minimum absolute atomic E-state index is 0.237. The summed E-state index contributed by atoms with van der Waals surface area (Å²) >= 11 is 0. The van der Waals surface area contributed by atoms with E-state index in [2.05, 4.69) is 10.2 Å². The van der Waals surface area contributed by atoms with Gasteiger partial charge >= 0.3 is 0 Å². The molecule has 4 nitrogen and oxygen atoms in total. The Balaban J connectivity index is 2.27. The first-order valence-corrected chi connectivity index (χ1v) is 5.21. The molecule has 2 aromatic heterocycles. The summed E-state index contributed by atoms with van der Waals surface area (Å²) in [6.45, 7) is 0. The number of nitrogens with one attached hydrogen (secondary N) is 1. The van der Waals surface area contributed by atoms with Crippen molar-refractivity contribution in [1.29, 1.82) is 0 Å². The molecule has 5 heteroatoms. The molecular formula is C12H11FN4. The Morgan fingerprint density at radius 3 is 2.82 bits per heavy atom. The Bertz CT molecular complexity index is 696. The van der Waals surface area contributed by atoms with Gasteiger partial charge < -0.3 is 10.3 Å². The standard InChI is InChI=1S/C12H11FN4/c1-17-10-3-2-8(13)4-7(10)5-11(17)9-6-12(14)16-15-9/h2-6H,1H3,(H3,14,15,16). The van der Waals surface area contributed by atoms with Gasteiger partial charge in [0.15, 0.2) is 0 Å². The summed E-state index contributed by atoms with van der Waals surface area (Å²) in [5.41, 5.74) is 8.29. The van der Waals surface area contributed by atoms with Gasteiger partial charge in [-0.3, -0.25) is 5.10 Å². The zero-order valence-corrected chi connectivity index (χ0v) is 9.24. The monoisotopic (exact) mass is 230 g/mol. The second-order valence-corrected chi connectivity index (χ2v) is 4.00. The predicted molar refractivity (Wildman–Crippen MR) is 64.9 cm³/mol. The number of benzene rings is 1. The molecule has 0 atom stereocenters. The second kappa shape index (κ2) is 3.35. The van der Waals surface area contributed by atoms with E-state index in [1.54, 1.807) is 12.1 Å². The van der Waals surface area contributed by atoms with Gasteiger partial charge in [0.1, 0.15) is 11.6 Å². The fourth-order valence-corrected chi connectivity index (χ4v) is 2.05. The van der Waals surface area contributed by atoms with E-state index in [0.717, 1.165) is 22.3 Å². The number of H-pyrrole nitrogens is 1. The summed E-state index contributed by atoms with van der Waals surface area (Å²) in [6.07, 6.45) is 0. The molecule has 3 N–H and O–H groups in total. The highest BCUT2D eigenvalue weighted by molar-refractivity contribution is 5.86. The molecule has 2 heterocycles. The number of aromatic nitrogens is 3. The molecule has 0 amide bonds. The van der Waals surface area contributed by atoms with E-state index in [0.29, 0.717) is 5.82 Å². The van der Waals surface area contributed by atoms with Crippen LogP contribution in [0.25, 0.3) is 22.3 Å². The Labute approximate surface area is 96.9 Å². The topological polar surface area (TPSA) is 59.6 Å². The van der Waals surface area contributed by atoms with Crippen LogP contribution in [0, 0.1) is 5.82 Å². The van der Waals surface area contributed by atoms with E-state index in [-0.39, 0.29) is 5.82 Å². The minimum atomic E-state index is -0.237. The van der Waals surface area contributed by atoms with Crippen LogP contribution < -0.4 is 5.73 Å². The second-order valence-electron chi connectivity index (χ2n) is 4.00. The molecule has 0 spiro atoms. The van der Waals surface area contributed by atoms with Crippen LogP contribution in [0.4, 0.5) is 10.2 Å². The van der Waals surface area contributed by atoms with E-state index in [1.165, 1.54) is 12.1 Å². The highest BCUT2D eigenvalue weighted by Crippen LogP contribution is 2.27. The average molecular weight is 230 g/mol. The van der Waals surface area contributed by atoms with E-state index in [4.69, 9.17) is 5.73 Å². The van der Waals surface area contributed by atoms with Crippen LogP contribution in [0.3, 0.4) is 0 Å². The van der Waals surface area contributed by atoms with Crippen LogP contribution >= 0.6 is 0 Å². The van der Waals surface area contributed by atoms with Crippen molar-refractivity contribution in [3.63, 3.8) is 0 Å². The normalized spacial score (nSPS) is 11.2. The van der Waals surface area contributed by atoms with Crippen molar-refractivity contribution < 1.29 is 4.39 Å². The summed E-state index contributed by atoms with van der Waals surface area (Å²) < 4.78 is 15.1. The highest BCUT2D eigenvalue weighted by Gasteiger charge is 2.10. The Kier molecular flexibility index (Phi) is 1.95. The van der Waals surface area contributed by atoms with Crippen molar-refractivity contribution in [2.45, 2.75) is 0 Å². The third kappa shape index (κ3) is 1.47. The number of rotatable bonds is 1. The van der Waals surface area contributed by atoms with Crippen molar-refractivity contribution in [2.75, 3.05) is 5.73 Å². The smallest absolute Gasteiger partial charge is 0.145 e. The largest absolute Gasteiger partial charge is 0.382 e. The summed E-state index contributed by atoms with van der Waals surface area (Å²) in [4.78, 5) is 0. The number of nitrogens with two attached hydrogens (primary N) is 1. The maximum absolute atomic E-state index is 13.1. The van der Waals surface area contributed by atoms with Crippen LogP contribution in [0.1, 0.15) is 0 Å². The molecule has 0 saturated heterocycles. The lowest BCUT2D eigenvalue weighted by atomic mass is 10.2. The third-order valence-electron chi connectivity index (χ3n) is 2.88. The fourth-order valence-electron chi connectivity index (χ4n) is 2.05. The van der Waals surface area contributed by atoms with E-state index < -0.39 is 0 Å². The molecule has 0 saturated carbocycles. The first-order chi connectivity index (χ1) is 8.15. The number of nitrogens with zero attached hydrogens (tertiary/aromatic N) is 2. The fraction of sp³-hybridized carbons (Fsp3) is 0.0833. The number of hydrogen-bond donors (Lipinski definition) is 2. The maximum atomic E-state index is 13.1. The van der Waals surface area contributed by atoms with Crippen LogP contribution in [0.15, 0.2) is 30.3 Å². The summed E-state index contributed by atoms with van der Waals surface area (Å²) in [5.74, 6) is 0.204. The van der Waals surface area contributed by atoms with Crippen molar-refractivity contribution >= 4 is 16.7 Å².